The van der Waals surface area contributed by atoms with E-state index in [9.17, 15) is 8.42 Å². The molecular weight excluding hydrogens is 276 g/mol. The van der Waals surface area contributed by atoms with E-state index in [2.05, 4.69) is 27.5 Å². The third kappa shape index (κ3) is 5.73. The van der Waals surface area contributed by atoms with Gasteiger partial charge in [0, 0.05) is 31.3 Å². The Bertz CT molecular complexity index is 493. The lowest BCUT2D eigenvalue weighted by molar-refractivity contribution is 0.597. The molecule has 1 aromatic rings. The van der Waals surface area contributed by atoms with E-state index >= 15 is 0 Å². The first-order valence-corrected chi connectivity index (χ1v) is 8.89. The molecule has 0 atom stereocenters. The second-order valence-corrected chi connectivity index (χ2v) is 6.97. The Morgan fingerprint density at radius 3 is 2.30 bits per heavy atom. The molecule has 0 amide bonds. The zero-order valence-corrected chi connectivity index (χ0v) is 13.3. The number of nitrogens with zero attached hydrogens (tertiary/aromatic N) is 2. The van der Waals surface area contributed by atoms with Crippen LogP contribution in [0.15, 0.2) is 6.07 Å². The van der Waals surface area contributed by atoms with Crippen LogP contribution < -0.4 is 10.6 Å². The molecule has 0 bridgehead atoms. The van der Waals surface area contributed by atoms with E-state index in [-0.39, 0.29) is 11.5 Å². The molecule has 0 spiro atoms. The molecule has 0 saturated carbocycles. The summed E-state index contributed by atoms with van der Waals surface area (Å²) in [5.74, 6) is 2.50. The lowest BCUT2D eigenvalue weighted by Gasteiger charge is -2.10. The van der Waals surface area contributed by atoms with Crippen LogP contribution >= 0.6 is 0 Å². The highest BCUT2D eigenvalue weighted by atomic mass is 32.2. The van der Waals surface area contributed by atoms with Gasteiger partial charge in [-0.15, -0.1) is 0 Å². The van der Waals surface area contributed by atoms with Gasteiger partial charge in [-0.25, -0.2) is 18.4 Å². The molecule has 0 aliphatic carbocycles. The predicted octanol–water partition coefficient (Wildman–Crippen LogP) is 1.71. The Morgan fingerprint density at radius 1 is 1.10 bits per heavy atom. The van der Waals surface area contributed by atoms with Gasteiger partial charge in [-0.1, -0.05) is 13.8 Å². The maximum atomic E-state index is 11.4. The average Bonchev–Trinajstić information content (AvgIpc) is 2.39. The smallest absolute Gasteiger partial charge is 0.151 e. The summed E-state index contributed by atoms with van der Waals surface area (Å²) >= 11 is 0. The molecule has 0 aliphatic heterocycles. The number of hydrogen-bond donors (Lipinski definition) is 2. The third-order valence-electron chi connectivity index (χ3n) is 2.76. The van der Waals surface area contributed by atoms with Gasteiger partial charge in [-0.2, -0.15) is 0 Å². The van der Waals surface area contributed by atoms with Crippen LogP contribution in [0.5, 0.6) is 0 Å². The van der Waals surface area contributed by atoms with Crippen molar-refractivity contribution in [1.82, 2.24) is 9.97 Å². The molecule has 114 valence electrons. The van der Waals surface area contributed by atoms with Crippen LogP contribution in [-0.2, 0) is 16.3 Å². The molecule has 0 fully saturated rings. The monoisotopic (exact) mass is 300 g/mol. The summed E-state index contributed by atoms with van der Waals surface area (Å²) in [7, 11) is -2.95. The lowest BCUT2D eigenvalue weighted by atomic mass is 10.3. The first kappa shape index (κ1) is 16.7. The molecule has 0 radical (unpaired) electrons. The van der Waals surface area contributed by atoms with Crippen LogP contribution in [-0.4, -0.2) is 43.0 Å². The van der Waals surface area contributed by atoms with Crippen molar-refractivity contribution in [2.24, 2.45) is 0 Å². The van der Waals surface area contributed by atoms with Crippen LogP contribution in [0.2, 0.25) is 0 Å². The van der Waals surface area contributed by atoms with Crippen molar-refractivity contribution in [2.45, 2.75) is 33.6 Å². The third-order valence-corrected chi connectivity index (χ3v) is 4.47. The minimum absolute atomic E-state index is 0.118. The second kappa shape index (κ2) is 8.04. The SMILES string of the molecule is CCCc1nc(NCC)cc(NCCS(=O)(=O)CC)n1. The quantitative estimate of drug-likeness (QED) is 0.722. The summed E-state index contributed by atoms with van der Waals surface area (Å²) in [6, 6.07) is 1.81. The molecule has 0 unspecified atom stereocenters. The molecule has 2 N–H and O–H groups in total. The summed E-state index contributed by atoms with van der Waals surface area (Å²) in [5, 5.41) is 6.22. The molecule has 0 aliphatic rings. The highest BCUT2D eigenvalue weighted by Gasteiger charge is 2.08. The molecular formula is C13H24N4O2S. The van der Waals surface area contributed by atoms with Crippen molar-refractivity contribution in [3.05, 3.63) is 11.9 Å². The number of sulfone groups is 1. The number of aryl methyl sites for hydroxylation is 1. The van der Waals surface area contributed by atoms with E-state index in [1.807, 2.05) is 6.92 Å². The summed E-state index contributed by atoms with van der Waals surface area (Å²) in [4.78, 5) is 8.80. The number of nitrogens with one attached hydrogen (secondary N) is 2. The average molecular weight is 300 g/mol. The van der Waals surface area contributed by atoms with E-state index in [1.165, 1.54) is 0 Å². The normalized spacial score (nSPS) is 11.3. The van der Waals surface area contributed by atoms with Crippen LogP contribution in [0.1, 0.15) is 33.0 Å². The fraction of sp³-hybridized carbons (Fsp3) is 0.692. The van der Waals surface area contributed by atoms with Crippen molar-refractivity contribution in [3.8, 4) is 0 Å². The van der Waals surface area contributed by atoms with Gasteiger partial charge in [0.25, 0.3) is 0 Å². The summed E-state index contributed by atoms with van der Waals surface area (Å²) in [6.45, 7) is 6.88. The van der Waals surface area contributed by atoms with Crippen molar-refractivity contribution in [3.63, 3.8) is 0 Å². The van der Waals surface area contributed by atoms with Gasteiger partial charge in [-0.05, 0) is 13.3 Å². The van der Waals surface area contributed by atoms with Crippen LogP contribution in [0, 0.1) is 0 Å². The van der Waals surface area contributed by atoms with Gasteiger partial charge in [0.05, 0.1) is 5.75 Å². The number of hydrogen-bond acceptors (Lipinski definition) is 6. The zero-order chi connectivity index (χ0) is 15.0. The van der Waals surface area contributed by atoms with E-state index in [1.54, 1.807) is 13.0 Å². The van der Waals surface area contributed by atoms with Gasteiger partial charge < -0.3 is 10.6 Å². The fourth-order valence-electron chi connectivity index (χ4n) is 1.67. The predicted molar refractivity (Wildman–Crippen MR) is 83.0 cm³/mol. The first-order chi connectivity index (χ1) is 9.50. The summed E-state index contributed by atoms with van der Waals surface area (Å²) < 4.78 is 22.9. The molecule has 20 heavy (non-hydrogen) atoms. The van der Waals surface area contributed by atoms with Crippen LogP contribution in [0.3, 0.4) is 0 Å². The Labute approximate surface area is 121 Å². The first-order valence-electron chi connectivity index (χ1n) is 7.06. The molecule has 1 heterocycles. The van der Waals surface area contributed by atoms with Crippen molar-refractivity contribution < 1.29 is 8.42 Å². The van der Waals surface area contributed by atoms with Crippen LogP contribution in [0.25, 0.3) is 0 Å². The van der Waals surface area contributed by atoms with E-state index in [0.29, 0.717) is 12.4 Å². The van der Waals surface area contributed by atoms with E-state index in [4.69, 9.17) is 0 Å². The number of aromatic nitrogens is 2. The van der Waals surface area contributed by atoms with Gasteiger partial charge >= 0.3 is 0 Å². The molecule has 7 heteroatoms. The minimum Gasteiger partial charge on any atom is -0.370 e. The summed E-state index contributed by atoms with van der Waals surface area (Å²) in [6.07, 6.45) is 1.78. The summed E-state index contributed by atoms with van der Waals surface area (Å²) in [5.41, 5.74) is 0. The fourth-order valence-corrected chi connectivity index (χ4v) is 2.38. The highest BCUT2D eigenvalue weighted by molar-refractivity contribution is 7.91. The molecule has 0 saturated heterocycles. The molecule has 1 rings (SSSR count). The van der Waals surface area contributed by atoms with E-state index < -0.39 is 9.84 Å². The van der Waals surface area contributed by atoms with E-state index in [0.717, 1.165) is 31.0 Å². The Hall–Kier alpha value is -1.37. The van der Waals surface area contributed by atoms with Crippen LogP contribution in [0.4, 0.5) is 11.6 Å². The minimum atomic E-state index is -2.95. The highest BCUT2D eigenvalue weighted by Crippen LogP contribution is 2.12. The maximum absolute atomic E-state index is 11.4. The molecule has 0 aromatic carbocycles. The maximum Gasteiger partial charge on any atom is 0.151 e. The molecule has 1 aromatic heterocycles. The van der Waals surface area contributed by atoms with Gasteiger partial charge in [0.15, 0.2) is 9.84 Å². The number of rotatable bonds is 9. The number of anilines is 2. The van der Waals surface area contributed by atoms with Crippen molar-refractivity contribution >= 4 is 21.5 Å². The topological polar surface area (TPSA) is 84.0 Å². The zero-order valence-electron chi connectivity index (χ0n) is 12.4. The Kier molecular flexibility index (Phi) is 6.70. The molecule has 6 nitrogen and oxygen atoms in total. The standard InChI is InChI=1S/C13H24N4O2S/c1-4-7-11-16-12(14-5-2)10-13(17-11)15-8-9-20(18,19)6-3/h10H,4-9H2,1-3H3,(H2,14,15,16,17). The Morgan fingerprint density at radius 2 is 1.75 bits per heavy atom. The van der Waals surface area contributed by atoms with Crippen molar-refractivity contribution in [1.29, 1.82) is 0 Å². The largest absolute Gasteiger partial charge is 0.370 e. The second-order valence-electron chi connectivity index (χ2n) is 4.50. The van der Waals surface area contributed by atoms with Gasteiger partial charge in [0.2, 0.25) is 0 Å². The van der Waals surface area contributed by atoms with Crippen molar-refractivity contribution in [2.75, 3.05) is 35.2 Å². The van der Waals surface area contributed by atoms with Gasteiger partial charge in [0.1, 0.15) is 17.5 Å². The Balaban J connectivity index is 2.72. The lowest BCUT2D eigenvalue weighted by Crippen LogP contribution is -2.18. The van der Waals surface area contributed by atoms with Gasteiger partial charge in [-0.3, -0.25) is 0 Å².